The molecular weight excluding hydrogens is 309 g/mol. The minimum atomic E-state index is -1.23. The van der Waals surface area contributed by atoms with E-state index in [9.17, 15) is 14.3 Å². The molecule has 0 aliphatic heterocycles. The molecule has 24 heavy (non-hydrogen) atoms. The SMILES string of the molecule is Cc1cc(C(C)(O)CNC(=O)C2(c3cccc(F)c3)CC2)c(C)o1. The smallest absolute Gasteiger partial charge is 0.230 e. The van der Waals surface area contributed by atoms with Gasteiger partial charge in [-0.25, -0.2) is 4.39 Å². The van der Waals surface area contributed by atoms with Gasteiger partial charge in [-0.05, 0) is 57.4 Å². The zero-order valence-electron chi connectivity index (χ0n) is 14.1. The van der Waals surface area contributed by atoms with Crippen molar-refractivity contribution in [2.24, 2.45) is 0 Å². The molecule has 1 atom stereocenters. The summed E-state index contributed by atoms with van der Waals surface area (Å²) in [7, 11) is 0. The third-order valence-electron chi connectivity index (χ3n) is 4.78. The van der Waals surface area contributed by atoms with Crippen LogP contribution in [0.3, 0.4) is 0 Å². The molecule has 1 amide bonds. The molecule has 1 heterocycles. The number of aliphatic hydroxyl groups is 1. The molecule has 0 spiro atoms. The monoisotopic (exact) mass is 331 g/mol. The number of carbonyl (C=O) groups excluding carboxylic acids is 1. The van der Waals surface area contributed by atoms with E-state index in [1.165, 1.54) is 12.1 Å². The van der Waals surface area contributed by atoms with Crippen molar-refractivity contribution in [1.29, 1.82) is 0 Å². The quantitative estimate of drug-likeness (QED) is 0.885. The highest BCUT2D eigenvalue weighted by molar-refractivity contribution is 5.91. The van der Waals surface area contributed by atoms with Crippen molar-refractivity contribution >= 4 is 5.91 Å². The van der Waals surface area contributed by atoms with Crippen molar-refractivity contribution in [2.75, 3.05) is 6.54 Å². The largest absolute Gasteiger partial charge is 0.466 e. The Labute approximate surface area is 140 Å². The summed E-state index contributed by atoms with van der Waals surface area (Å²) in [5.74, 6) is 0.833. The second-order valence-electron chi connectivity index (χ2n) is 6.88. The van der Waals surface area contributed by atoms with E-state index in [2.05, 4.69) is 5.32 Å². The van der Waals surface area contributed by atoms with Crippen molar-refractivity contribution in [3.8, 4) is 0 Å². The maximum Gasteiger partial charge on any atom is 0.230 e. The molecule has 2 aromatic rings. The van der Waals surface area contributed by atoms with E-state index in [0.717, 1.165) is 0 Å². The molecule has 1 fully saturated rings. The Morgan fingerprint density at radius 2 is 2.08 bits per heavy atom. The molecule has 2 N–H and O–H groups in total. The predicted molar refractivity (Wildman–Crippen MR) is 88.1 cm³/mol. The summed E-state index contributed by atoms with van der Waals surface area (Å²) in [6, 6.07) is 7.95. The molecule has 1 aromatic carbocycles. The lowest BCUT2D eigenvalue weighted by Crippen LogP contribution is -2.43. The number of furan rings is 1. The Morgan fingerprint density at radius 1 is 1.38 bits per heavy atom. The molecule has 3 rings (SSSR count). The Bertz CT molecular complexity index is 775. The first kappa shape index (κ1) is 16.7. The molecule has 0 radical (unpaired) electrons. The lowest BCUT2D eigenvalue weighted by molar-refractivity contribution is -0.124. The maximum absolute atomic E-state index is 13.4. The van der Waals surface area contributed by atoms with Gasteiger partial charge in [-0.1, -0.05) is 12.1 Å². The van der Waals surface area contributed by atoms with Crippen LogP contribution in [0.1, 0.15) is 42.4 Å². The standard InChI is InChI=1S/C19H22FNO3/c1-12-9-16(13(2)24-12)18(3,23)11-21-17(22)19(7-8-19)14-5-4-6-15(20)10-14/h4-6,9-10,23H,7-8,11H2,1-3H3,(H,21,22). The Morgan fingerprint density at radius 3 is 2.62 bits per heavy atom. The van der Waals surface area contributed by atoms with Crippen LogP contribution in [-0.4, -0.2) is 17.6 Å². The molecule has 4 nitrogen and oxygen atoms in total. The highest BCUT2D eigenvalue weighted by Crippen LogP contribution is 2.48. The van der Waals surface area contributed by atoms with Gasteiger partial charge in [-0.15, -0.1) is 0 Å². The number of aryl methyl sites for hydroxylation is 2. The third kappa shape index (κ3) is 2.96. The molecule has 1 unspecified atom stereocenters. The van der Waals surface area contributed by atoms with Gasteiger partial charge in [-0.3, -0.25) is 4.79 Å². The minimum Gasteiger partial charge on any atom is -0.466 e. The molecule has 1 aliphatic rings. The zero-order valence-corrected chi connectivity index (χ0v) is 14.1. The first-order valence-corrected chi connectivity index (χ1v) is 8.09. The first-order valence-electron chi connectivity index (χ1n) is 8.09. The predicted octanol–water partition coefficient (Wildman–Crippen LogP) is 3.09. The lowest BCUT2D eigenvalue weighted by atomic mass is 9.93. The Hall–Kier alpha value is -2.14. The number of amides is 1. The van der Waals surface area contributed by atoms with Crippen LogP contribution in [0.4, 0.5) is 4.39 Å². The van der Waals surface area contributed by atoms with Gasteiger partial charge in [0.1, 0.15) is 22.9 Å². The fraction of sp³-hybridized carbons (Fsp3) is 0.421. The van der Waals surface area contributed by atoms with E-state index >= 15 is 0 Å². The summed E-state index contributed by atoms with van der Waals surface area (Å²) in [5.41, 5.74) is -0.541. The van der Waals surface area contributed by atoms with E-state index in [-0.39, 0.29) is 18.3 Å². The van der Waals surface area contributed by atoms with Gasteiger partial charge in [0.05, 0.1) is 12.0 Å². The van der Waals surface area contributed by atoms with Gasteiger partial charge in [0.2, 0.25) is 5.91 Å². The van der Waals surface area contributed by atoms with Crippen molar-refractivity contribution in [2.45, 2.75) is 44.6 Å². The lowest BCUT2D eigenvalue weighted by Gasteiger charge is -2.25. The van der Waals surface area contributed by atoms with E-state index in [4.69, 9.17) is 4.42 Å². The van der Waals surface area contributed by atoms with E-state index in [1.54, 1.807) is 32.0 Å². The van der Waals surface area contributed by atoms with E-state index < -0.39 is 11.0 Å². The number of nitrogens with one attached hydrogen (secondary N) is 1. The summed E-state index contributed by atoms with van der Waals surface area (Å²) in [4.78, 5) is 12.6. The second-order valence-corrected chi connectivity index (χ2v) is 6.88. The van der Waals surface area contributed by atoms with Crippen LogP contribution in [-0.2, 0) is 15.8 Å². The molecule has 1 saturated carbocycles. The summed E-state index contributed by atoms with van der Waals surface area (Å²) in [6.45, 7) is 5.32. The van der Waals surface area contributed by atoms with Gasteiger partial charge in [-0.2, -0.15) is 0 Å². The van der Waals surface area contributed by atoms with E-state index in [1.807, 2.05) is 6.92 Å². The van der Waals surface area contributed by atoms with Crippen molar-refractivity contribution in [3.63, 3.8) is 0 Å². The van der Waals surface area contributed by atoms with Gasteiger partial charge in [0, 0.05) is 5.56 Å². The molecule has 0 bridgehead atoms. The van der Waals surface area contributed by atoms with E-state index in [0.29, 0.717) is 35.5 Å². The number of halogens is 1. The normalized spacial score (nSPS) is 18.0. The number of rotatable bonds is 5. The first-order chi connectivity index (χ1) is 11.2. The van der Waals surface area contributed by atoms with Gasteiger partial charge < -0.3 is 14.8 Å². The van der Waals surface area contributed by atoms with Crippen LogP contribution in [0.25, 0.3) is 0 Å². The second kappa shape index (κ2) is 5.74. The van der Waals surface area contributed by atoms with Crippen LogP contribution in [0.5, 0.6) is 0 Å². The maximum atomic E-state index is 13.4. The summed E-state index contributed by atoms with van der Waals surface area (Å²) < 4.78 is 18.9. The van der Waals surface area contributed by atoms with Crippen LogP contribution in [0, 0.1) is 19.7 Å². The molecule has 128 valence electrons. The fourth-order valence-corrected chi connectivity index (χ4v) is 3.24. The van der Waals surface area contributed by atoms with Crippen LogP contribution in [0.2, 0.25) is 0 Å². The van der Waals surface area contributed by atoms with Crippen LogP contribution < -0.4 is 5.32 Å². The number of hydrogen-bond donors (Lipinski definition) is 2. The average Bonchev–Trinajstić information content (AvgIpc) is 3.25. The Kier molecular flexibility index (Phi) is 4.00. The highest BCUT2D eigenvalue weighted by Gasteiger charge is 2.51. The van der Waals surface area contributed by atoms with Crippen LogP contribution in [0.15, 0.2) is 34.7 Å². The zero-order chi connectivity index (χ0) is 17.5. The number of carbonyl (C=O) groups is 1. The Balaban J connectivity index is 1.72. The molecular formula is C19H22FNO3. The topological polar surface area (TPSA) is 62.5 Å². The number of benzene rings is 1. The molecule has 5 heteroatoms. The van der Waals surface area contributed by atoms with Crippen molar-refractivity contribution in [1.82, 2.24) is 5.32 Å². The average molecular weight is 331 g/mol. The molecule has 1 aromatic heterocycles. The van der Waals surface area contributed by atoms with Crippen molar-refractivity contribution in [3.05, 3.63) is 58.8 Å². The highest BCUT2D eigenvalue weighted by atomic mass is 19.1. The summed E-state index contributed by atoms with van der Waals surface area (Å²) in [5, 5.41) is 13.5. The summed E-state index contributed by atoms with van der Waals surface area (Å²) in [6.07, 6.45) is 1.38. The summed E-state index contributed by atoms with van der Waals surface area (Å²) >= 11 is 0. The fourth-order valence-electron chi connectivity index (χ4n) is 3.24. The van der Waals surface area contributed by atoms with Gasteiger partial charge >= 0.3 is 0 Å². The number of hydrogen-bond acceptors (Lipinski definition) is 3. The molecule has 0 saturated heterocycles. The van der Waals surface area contributed by atoms with Crippen molar-refractivity contribution < 1.29 is 18.7 Å². The minimum absolute atomic E-state index is 0.0721. The van der Waals surface area contributed by atoms with Gasteiger partial charge in [0.15, 0.2) is 0 Å². The molecule has 1 aliphatic carbocycles. The third-order valence-corrected chi connectivity index (χ3v) is 4.78. The van der Waals surface area contributed by atoms with Gasteiger partial charge in [0.25, 0.3) is 0 Å². The van der Waals surface area contributed by atoms with Crippen LogP contribution >= 0.6 is 0 Å².